The van der Waals surface area contributed by atoms with E-state index in [-0.39, 0.29) is 46.0 Å². The first-order valence-corrected chi connectivity index (χ1v) is 17.8. The van der Waals surface area contributed by atoms with Crippen LogP contribution < -0.4 is 0 Å². The fraction of sp³-hybridized carbons (Fsp3) is 0.535. The van der Waals surface area contributed by atoms with Crippen LogP contribution in [0.4, 0.5) is 0 Å². The molecule has 8 heteroatoms. The summed E-state index contributed by atoms with van der Waals surface area (Å²) < 4.78 is 0. The third-order valence-corrected chi connectivity index (χ3v) is 9.92. The van der Waals surface area contributed by atoms with Gasteiger partial charge in [0.2, 0.25) is 0 Å². The average molecular weight is 703 g/mol. The molecule has 1 atom stereocenters. The fourth-order valence-corrected chi connectivity index (χ4v) is 6.55. The Bertz CT molecular complexity index is 1680. The summed E-state index contributed by atoms with van der Waals surface area (Å²) in [6.07, 6.45) is 0.231. The highest BCUT2D eigenvalue weighted by Gasteiger charge is 2.60. The number of rotatable bonds is 8. The first-order valence-electron chi connectivity index (χ1n) is 17.8. The Kier molecular flexibility index (Phi) is 10.6. The molecule has 0 aliphatic carbocycles. The van der Waals surface area contributed by atoms with Crippen molar-refractivity contribution in [1.82, 2.24) is 0 Å². The average Bonchev–Trinajstić information content (AvgIpc) is 3.78. The Morgan fingerprint density at radius 1 is 0.627 bits per heavy atom. The number of carbonyl (C=O) groups is 2. The lowest BCUT2D eigenvalue weighted by Crippen LogP contribution is -2.39. The third kappa shape index (κ3) is 8.78. The Labute approximate surface area is 304 Å². The molecule has 1 aliphatic rings. The molecule has 4 rings (SSSR count). The summed E-state index contributed by atoms with van der Waals surface area (Å²) in [4.78, 5) is 48.6. The van der Waals surface area contributed by atoms with Crippen LogP contribution in [0.2, 0.25) is 0 Å². The van der Waals surface area contributed by atoms with Gasteiger partial charge in [-0.15, -0.1) is 0 Å². The van der Waals surface area contributed by atoms with Crippen LogP contribution >= 0.6 is 0 Å². The van der Waals surface area contributed by atoms with Crippen molar-refractivity contribution in [3.05, 3.63) is 93.5 Å². The van der Waals surface area contributed by atoms with E-state index < -0.39 is 29.1 Å². The van der Waals surface area contributed by atoms with E-state index in [1.54, 1.807) is 0 Å². The summed E-state index contributed by atoms with van der Waals surface area (Å²) in [5.74, 6) is -3.86. The molecular formula is C43H58O8. The molecule has 51 heavy (non-hydrogen) atoms. The highest BCUT2D eigenvalue weighted by atomic mass is 17.4. The molecule has 8 nitrogen and oxygen atoms in total. The molecule has 3 aromatic carbocycles. The van der Waals surface area contributed by atoms with Crippen LogP contribution in [0, 0.1) is 5.92 Å². The lowest BCUT2D eigenvalue weighted by molar-refractivity contribution is -0.268. The van der Waals surface area contributed by atoms with Gasteiger partial charge in [0.1, 0.15) is 11.5 Å². The molecule has 1 aliphatic heterocycles. The molecule has 0 saturated carbocycles. The van der Waals surface area contributed by atoms with E-state index in [4.69, 9.17) is 19.6 Å². The predicted molar refractivity (Wildman–Crippen MR) is 198 cm³/mol. The normalized spacial score (nSPS) is 15.6. The lowest BCUT2D eigenvalue weighted by Gasteiger charge is -2.34. The number of benzene rings is 3. The van der Waals surface area contributed by atoms with Crippen LogP contribution in [0.5, 0.6) is 11.5 Å². The van der Waals surface area contributed by atoms with Crippen molar-refractivity contribution in [2.24, 2.45) is 5.92 Å². The quantitative estimate of drug-likeness (QED) is 0.136. The van der Waals surface area contributed by atoms with Gasteiger partial charge in [0, 0.05) is 11.8 Å². The number of phenols is 2. The van der Waals surface area contributed by atoms with Crippen LogP contribution in [-0.4, -0.2) is 27.9 Å². The first kappa shape index (κ1) is 39.9. The Morgan fingerprint density at radius 3 is 1.39 bits per heavy atom. The van der Waals surface area contributed by atoms with E-state index in [1.165, 1.54) is 0 Å². The molecular weight excluding hydrogens is 644 g/mol. The van der Waals surface area contributed by atoms with Crippen molar-refractivity contribution in [3.63, 3.8) is 0 Å². The lowest BCUT2D eigenvalue weighted by atomic mass is 9.70. The number of carbonyl (C=O) groups excluding carboxylic acids is 2. The number of hydrogen-bond donors (Lipinski definition) is 2. The van der Waals surface area contributed by atoms with E-state index in [0.717, 1.165) is 33.4 Å². The molecule has 0 aromatic heterocycles. The zero-order valence-electron chi connectivity index (χ0n) is 33.0. The van der Waals surface area contributed by atoms with Gasteiger partial charge in [-0.25, -0.2) is 19.4 Å². The first-order chi connectivity index (χ1) is 23.2. The van der Waals surface area contributed by atoms with Crippen molar-refractivity contribution in [3.8, 4) is 11.5 Å². The largest absolute Gasteiger partial charge is 0.507 e. The smallest absolute Gasteiger partial charge is 0.420 e. The Balaban J connectivity index is 1.65. The monoisotopic (exact) mass is 702 g/mol. The second-order valence-electron chi connectivity index (χ2n) is 18.8. The zero-order chi connectivity index (χ0) is 38.5. The van der Waals surface area contributed by atoms with Crippen LogP contribution in [0.15, 0.2) is 54.6 Å². The molecule has 0 amide bonds. The standard InChI is InChI=1S/C43H58O8/c1-38(2,3)29-20-26(21-30(34(29)44)39(4,5)6)22-33(42(13,14)28-18-16-15-17-19-28)36(46)48-49-37(47)43(50-51-43)25-27-23-31(40(7,8)9)35(45)32(24-27)41(10,11)12/h15-21,23-24,33,44-45H,22,25H2,1-14H3. The molecule has 2 N–H and O–H groups in total. The van der Waals surface area contributed by atoms with Crippen LogP contribution in [-0.2, 0) is 69.1 Å². The topological polar surface area (TPSA) is 118 Å². The second-order valence-corrected chi connectivity index (χ2v) is 18.8. The fourth-order valence-electron chi connectivity index (χ4n) is 6.55. The van der Waals surface area contributed by atoms with Gasteiger partial charge in [-0.3, -0.25) is 0 Å². The maximum Gasteiger partial charge on any atom is 0.420 e. The highest BCUT2D eigenvalue weighted by Crippen LogP contribution is 2.44. The Morgan fingerprint density at radius 2 is 1.02 bits per heavy atom. The number of phenolic OH excluding ortho intramolecular Hbond substituents is 2. The molecule has 278 valence electrons. The van der Waals surface area contributed by atoms with Gasteiger partial charge in [0.05, 0.1) is 5.92 Å². The number of aromatic hydroxyl groups is 2. The van der Waals surface area contributed by atoms with Gasteiger partial charge in [0.25, 0.3) is 0 Å². The summed E-state index contributed by atoms with van der Waals surface area (Å²) in [5.41, 5.74) is 3.23. The minimum Gasteiger partial charge on any atom is -0.507 e. The van der Waals surface area contributed by atoms with Gasteiger partial charge in [0.15, 0.2) is 0 Å². The molecule has 0 radical (unpaired) electrons. The number of hydrogen-bond acceptors (Lipinski definition) is 8. The van der Waals surface area contributed by atoms with E-state index in [9.17, 15) is 19.8 Å². The maximum atomic E-state index is 14.1. The molecule has 1 unspecified atom stereocenters. The summed E-state index contributed by atoms with van der Waals surface area (Å²) in [7, 11) is 0. The highest BCUT2D eigenvalue weighted by molar-refractivity contribution is 5.81. The van der Waals surface area contributed by atoms with Gasteiger partial charge >= 0.3 is 17.7 Å². The van der Waals surface area contributed by atoms with Crippen LogP contribution in [0.3, 0.4) is 0 Å². The molecule has 3 aromatic rings. The molecule has 1 heterocycles. The van der Waals surface area contributed by atoms with Gasteiger partial charge in [-0.2, -0.15) is 9.78 Å². The summed E-state index contributed by atoms with van der Waals surface area (Å²) in [6, 6.07) is 17.2. The summed E-state index contributed by atoms with van der Waals surface area (Å²) >= 11 is 0. The summed E-state index contributed by atoms with van der Waals surface area (Å²) in [5, 5.41) is 22.5. The molecule has 1 saturated heterocycles. The van der Waals surface area contributed by atoms with Gasteiger partial charge < -0.3 is 10.2 Å². The maximum absolute atomic E-state index is 14.1. The van der Waals surface area contributed by atoms with E-state index in [1.807, 2.05) is 152 Å². The van der Waals surface area contributed by atoms with Gasteiger partial charge in [-0.1, -0.05) is 152 Å². The second kappa shape index (κ2) is 13.6. The van der Waals surface area contributed by atoms with E-state index in [0.29, 0.717) is 5.56 Å². The molecule has 1 fully saturated rings. The van der Waals surface area contributed by atoms with Crippen molar-refractivity contribution in [2.45, 2.75) is 143 Å². The predicted octanol–water partition coefficient (Wildman–Crippen LogP) is 9.33. The zero-order valence-corrected chi connectivity index (χ0v) is 33.0. The van der Waals surface area contributed by atoms with Crippen molar-refractivity contribution < 1.29 is 39.4 Å². The molecule has 0 spiro atoms. The minimum absolute atomic E-state index is 0.0204. The molecule has 0 bridgehead atoms. The van der Waals surface area contributed by atoms with E-state index in [2.05, 4.69) is 0 Å². The SMILES string of the molecule is CC(C)(C)c1cc(CC(C(=O)OOC(=O)C2(Cc3cc(C(C)(C)C)c(O)c(C(C)(C)C)c3)OO2)C(C)(C)c2ccccc2)cc(C(C)(C)C)c1O. The minimum atomic E-state index is -1.80. The van der Waals surface area contributed by atoms with Crippen molar-refractivity contribution in [1.29, 1.82) is 0 Å². The van der Waals surface area contributed by atoms with E-state index >= 15 is 0 Å². The van der Waals surface area contributed by atoms with Gasteiger partial charge in [-0.05, 0) is 67.0 Å². The van der Waals surface area contributed by atoms with Crippen LogP contribution in [0.25, 0.3) is 0 Å². The van der Waals surface area contributed by atoms with Crippen molar-refractivity contribution in [2.75, 3.05) is 0 Å². The van der Waals surface area contributed by atoms with Crippen LogP contribution in [0.1, 0.15) is 136 Å². The van der Waals surface area contributed by atoms with Crippen molar-refractivity contribution >= 4 is 11.9 Å². The third-order valence-electron chi connectivity index (χ3n) is 9.92. The Hall–Kier alpha value is -3.88. The summed E-state index contributed by atoms with van der Waals surface area (Å²) in [6.45, 7) is 28.2.